The fourth-order valence-electron chi connectivity index (χ4n) is 2.37. The number of hydrogen-bond acceptors (Lipinski definition) is 7. The molecule has 0 radical (unpaired) electrons. The Bertz CT molecular complexity index is 1110. The third kappa shape index (κ3) is 2.90. The molecule has 1 aromatic carbocycles. The number of anilines is 1. The van der Waals surface area contributed by atoms with Gasteiger partial charge in [-0.3, -0.25) is 4.79 Å². The second-order valence-corrected chi connectivity index (χ2v) is 5.11. The summed E-state index contributed by atoms with van der Waals surface area (Å²) in [6.07, 6.45) is 1.35. The van der Waals surface area contributed by atoms with Crippen LogP contribution in [0.3, 0.4) is 0 Å². The summed E-state index contributed by atoms with van der Waals surface area (Å²) in [5, 5.41) is 18.6. The SMILES string of the molecule is N#Cc1c(N)[nH]c(=O)c(C#N)c1-c1ccc(OC(=O)c2ccco2)cc1. The number of nitrogens with two attached hydrogens (primary N) is 1. The van der Waals surface area contributed by atoms with Gasteiger partial charge >= 0.3 is 5.97 Å². The molecule has 0 aliphatic heterocycles. The van der Waals surface area contributed by atoms with E-state index in [1.807, 2.05) is 6.07 Å². The van der Waals surface area contributed by atoms with Crippen molar-refractivity contribution in [1.29, 1.82) is 10.5 Å². The number of nitrogens with one attached hydrogen (secondary N) is 1. The van der Waals surface area contributed by atoms with Gasteiger partial charge in [-0.15, -0.1) is 0 Å². The molecule has 8 nitrogen and oxygen atoms in total. The molecule has 126 valence electrons. The lowest BCUT2D eigenvalue weighted by Crippen LogP contribution is -2.16. The third-order valence-electron chi connectivity index (χ3n) is 3.54. The number of furan rings is 1. The van der Waals surface area contributed by atoms with Crippen LogP contribution in [-0.4, -0.2) is 11.0 Å². The first-order valence-electron chi connectivity index (χ1n) is 7.27. The molecule has 0 aliphatic rings. The summed E-state index contributed by atoms with van der Waals surface area (Å²) in [7, 11) is 0. The van der Waals surface area contributed by atoms with Crippen molar-refractivity contribution in [3.05, 3.63) is 69.9 Å². The quantitative estimate of drug-likeness (QED) is 0.546. The van der Waals surface area contributed by atoms with Crippen molar-refractivity contribution in [3.63, 3.8) is 0 Å². The van der Waals surface area contributed by atoms with Gasteiger partial charge in [-0.25, -0.2) is 4.79 Å². The molecule has 0 fully saturated rings. The van der Waals surface area contributed by atoms with Gasteiger partial charge in [-0.05, 0) is 29.8 Å². The van der Waals surface area contributed by atoms with E-state index in [0.717, 1.165) is 0 Å². The van der Waals surface area contributed by atoms with Crippen LogP contribution in [0.5, 0.6) is 5.75 Å². The van der Waals surface area contributed by atoms with Gasteiger partial charge in [0.25, 0.3) is 5.56 Å². The molecule has 8 heteroatoms. The second-order valence-electron chi connectivity index (χ2n) is 5.11. The number of aromatic amines is 1. The Morgan fingerprint density at radius 2 is 1.81 bits per heavy atom. The number of nitrogen functional groups attached to an aromatic ring is 1. The molecule has 26 heavy (non-hydrogen) atoms. The number of rotatable bonds is 3. The lowest BCUT2D eigenvalue weighted by atomic mass is 9.96. The highest BCUT2D eigenvalue weighted by molar-refractivity contribution is 5.88. The maximum absolute atomic E-state index is 11.9. The van der Waals surface area contributed by atoms with Gasteiger partial charge < -0.3 is 19.9 Å². The number of carbonyl (C=O) groups is 1. The molecular formula is C18H10N4O4. The van der Waals surface area contributed by atoms with Gasteiger partial charge in [0, 0.05) is 5.56 Å². The third-order valence-corrected chi connectivity index (χ3v) is 3.54. The van der Waals surface area contributed by atoms with Crippen molar-refractivity contribution in [1.82, 2.24) is 4.98 Å². The average molecular weight is 346 g/mol. The van der Waals surface area contributed by atoms with Crippen molar-refractivity contribution in [2.75, 3.05) is 5.73 Å². The van der Waals surface area contributed by atoms with Gasteiger partial charge in [-0.2, -0.15) is 10.5 Å². The summed E-state index contributed by atoms with van der Waals surface area (Å²) < 4.78 is 10.1. The molecule has 0 atom stereocenters. The number of aromatic nitrogens is 1. The number of carbonyl (C=O) groups excluding carboxylic acids is 1. The van der Waals surface area contributed by atoms with Gasteiger partial charge in [0.2, 0.25) is 5.76 Å². The predicted molar refractivity (Wildman–Crippen MR) is 90.0 cm³/mol. The molecule has 2 aromatic heterocycles. The highest BCUT2D eigenvalue weighted by atomic mass is 16.5. The Morgan fingerprint density at radius 3 is 2.38 bits per heavy atom. The van der Waals surface area contributed by atoms with Crippen molar-refractivity contribution < 1.29 is 13.9 Å². The van der Waals surface area contributed by atoms with Gasteiger partial charge in [0.05, 0.1) is 6.26 Å². The van der Waals surface area contributed by atoms with Crippen molar-refractivity contribution in [3.8, 4) is 29.0 Å². The summed E-state index contributed by atoms with van der Waals surface area (Å²) in [5.74, 6) is -0.515. The van der Waals surface area contributed by atoms with E-state index in [9.17, 15) is 20.1 Å². The number of ether oxygens (including phenoxy) is 1. The summed E-state index contributed by atoms with van der Waals surface area (Å²) in [5.41, 5.74) is 5.29. The Balaban J connectivity index is 2.00. The minimum Gasteiger partial charge on any atom is -0.457 e. The van der Waals surface area contributed by atoms with Crippen molar-refractivity contribution in [2.24, 2.45) is 0 Å². The average Bonchev–Trinajstić information content (AvgIpc) is 3.17. The van der Waals surface area contributed by atoms with Crippen LogP contribution in [0.1, 0.15) is 21.7 Å². The van der Waals surface area contributed by atoms with Crippen LogP contribution in [0, 0.1) is 22.7 Å². The van der Waals surface area contributed by atoms with Crippen LogP contribution >= 0.6 is 0 Å². The Morgan fingerprint density at radius 1 is 1.12 bits per heavy atom. The van der Waals surface area contributed by atoms with E-state index >= 15 is 0 Å². The summed E-state index contributed by atoms with van der Waals surface area (Å²) in [6, 6.07) is 12.7. The molecule has 2 heterocycles. The molecule has 0 saturated heterocycles. The minimum atomic E-state index is -0.688. The zero-order chi connectivity index (χ0) is 18.7. The second kappa shape index (κ2) is 6.67. The van der Waals surface area contributed by atoms with E-state index in [0.29, 0.717) is 5.56 Å². The normalized spacial score (nSPS) is 9.92. The zero-order valence-electron chi connectivity index (χ0n) is 13.1. The van der Waals surface area contributed by atoms with Crippen LogP contribution in [-0.2, 0) is 0 Å². The molecule has 3 N–H and O–H groups in total. The highest BCUT2D eigenvalue weighted by Crippen LogP contribution is 2.29. The molecule has 0 saturated carbocycles. The van der Waals surface area contributed by atoms with Crippen LogP contribution in [0.15, 0.2) is 51.9 Å². The van der Waals surface area contributed by atoms with Crippen LogP contribution in [0.25, 0.3) is 11.1 Å². The molecular weight excluding hydrogens is 336 g/mol. The van der Waals surface area contributed by atoms with Gasteiger partial charge in [0.1, 0.15) is 34.8 Å². The molecule has 0 bridgehead atoms. The molecule has 3 rings (SSSR count). The molecule has 3 aromatic rings. The molecule has 0 unspecified atom stereocenters. The number of nitrogens with zero attached hydrogens (tertiary/aromatic N) is 2. The first-order valence-corrected chi connectivity index (χ1v) is 7.27. The number of benzene rings is 1. The van der Waals surface area contributed by atoms with Gasteiger partial charge in [-0.1, -0.05) is 12.1 Å². The Hall–Kier alpha value is -4.30. The Kier molecular flexibility index (Phi) is 4.25. The number of hydrogen-bond donors (Lipinski definition) is 2. The maximum Gasteiger partial charge on any atom is 0.379 e. The van der Waals surface area contributed by atoms with Crippen LogP contribution in [0.2, 0.25) is 0 Å². The lowest BCUT2D eigenvalue weighted by Gasteiger charge is -2.09. The smallest absolute Gasteiger partial charge is 0.379 e. The standard InChI is InChI=1S/C18H10N4O4/c19-8-12-15(13(9-20)17(23)22-16(12)21)10-3-5-11(6-4-10)26-18(24)14-2-1-7-25-14/h1-7H,(H3,21,22,23). The summed E-state index contributed by atoms with van der Waals surface area (Å²) in [4.78, 5) is 26.1. The molecule has 0 aliphatic carbocycles. The fourth-order valence-corrected chi connectivity index (χ4v) is 2.37. The van der Waals surface area contributed by atoms with E-state index in [1.54, 1.807) is 12.1 Å². The van der Waals surface area contributed by atoms with E-state index in [-0.39, 0.29) is 34.0 Å². The first kappa shape index (κ1) is 16.6. The maximum atomic E-state index is 11.9. The van der Waals surface area contributed by atoms with Crippen molar-refractivity contribution in [2.45, 2.75) is 0 Å². The number of pyridine rings is 1. The summed E-state index contributed by atoms with van der Waals surface area (Å²) >= 11 is 0. The number of nitriles is 2. The first-order chi connectivity index (χ1) is 12.5. The van der Waals surface area contributed by atoms with E-state index < -0.39 is 11.5 Å². The number of H-pyrrole nitrogens is 1. The Labute approximate surface area is 146 Å². The molecule has 0 spiro atoms. The summed E-state index contributed by atoms with van der Waals surface area (Å²) in [6.45, 7) is 0. The van der Waals surface area contributed by atoms with Crippen LogP contribution < -0.4 is 16.0 Å². The lowest BCUT2D eigenvalue weighted by molar-refractivity contribution is 0.0701. The van der Waals surface area contributed by atoms with Crippen LogP contribution in [0.4, 0.5) is 5.82 Å². The van der Waals surface area contributed by atoms with E-state index in [2.05, 4.69) is 4.98 Å². The molecule has 0 amide bonds. The van der Waals surface area contributed by atoms with E-state index in [1.165, 1.54) is 36.6 Å². The minimum absolute atomic E-state index is 0.0125. The van der Waals surface area contributed by atoms with Crippen molar-refractivity contribution >= 4 is 11.8 Å². The topological polar surface area (TPSA) is 146 Å². The van der Waals surface area contributed by atoms with Gasteiger partial charge in [0.15, 0.2) is 0 Å². The fraction of sp³-hybridized carbons (Fsp3) is 0. The predicted octanol–water partition coefficient (Wildman–Crippen LogP) is 2.18. The number of esters is 1. The monoisotopic (exact) mass is 346 g/mol. The highest BCUT2D eigenvalue weighted by Gasteiger charge is 2.18. The van der Waals surface area contributed by atoms with E-state index in [4.69, 9.17) is 14.9 Å². The largest absolute Gasteiger partial charge is 0.457 e. The zero-order valence-corrected chi connectivity index (χ0v) is 13.1.